The van der Waals surface area contributed by atoms with Crippen LogP contribution >= 0.6 is 0 Å². The van der Waals surface area contributed by atoms with E-state index in [0.29, 0.717) is 48.1 Å². The number of para-hydroxylation sites is 2. The van der Waals surface area contributed by atoms with Crippen LogP contribution in [0.15, 0.2) is 76.1 Å². The summed E-state index contributed by atoms with van der Waals surface area (Å²) in [4.78, 5) is 33.5. The van der Waals surface area contributed by atoms with E-state index in [1.165, 1.54) is 0 Å². The summed E-state index contributed by atoms with van der Waals surface area (Å²) in [5, 5.41) is 7.35. The molecule has 6 rings (SSSR count). The number of benzene rings is 2. The summed E-state index contributed by atoms with van der Waals surface area (Å²) in [5.41, 5.74) is 4.83. The third-order valence-electron chi connectivity index (χ3n) is 5.64. The molecule has 9 heteroatoms. The first kappa shape index (κ1) is 19.2. The number of fused-ring (bicyclic) bond motifs is 2. The van der Waals surface area contributed by atoms with Gasteiger partial charge in [-0.2, -0.15) is 5.10 Å². The second kappa shape index (κ2) is 7.56. The summed E-state index contributed by atoms with van der Waals surface area (Å²) in [7, 11) is 0. The molecule has 0 radical (unpaired) electrons. The topological polar surface area (TPSA) is 108 Å². The monoisotopic (exact) mass is 438 g/mol. The van der Waals surface area contributed by atoms with Gasteiger partial charge in [0.25, 0.3) is 5.91 Å². The molecular formula is C24H18N6O3. The number of carbonyl (C=O) groups is 1. The lowest BCUT2D eigenvalue weighted by Gasteiger charge is -2.13. The van der Waals surface area contributed by atoms with Crippen molar-refractivity contribution in [2.45, 2.75) is 13.1 Å². The molecule has 0 fully saturated rings. The average molecular weight is 438 g/mol. The lowest BCUT2D eigenvalue weighted by molar-refractivity contribution is 0.0924. The molecule has 0 bridgehead atoms. The van der Waals surface area contributed by atoms with Crippen molar-refractivity contribution >= 4 is 17.0 Å². The molecule has 9 nitrogen and oxygen atoms in total. The van der Waals surface area contributed by atoms with Gasteiger partial charge < -0.3 is 9.73 Å². The maximum Gasteiger partial charge on any atom is 0.420 e. The Hall–Kier alpha value is -4.53. The predicted molar refractivity (Wildman–Crippen MR) is 121 cm³/mol. The number of aromatic nitrogens is 5. The van der Waals surface area contributed by atoms with Gasteiger partial charge in [0.1, 0.15) is 11.4 Å². The molecule has 0 saturated heterocycles. The molecule has 4 heterocycles. The Morgan fingerprint density at radius 2 is 1.91 bits per heavy atom. The summed E-state index contributed by atoms with van der Waals surface area (Å²) >= 11 is 0. The number of hydrogen-bond acceptors (Lipinski definition) is 6. The molecule has 0 saturated carbocycles. The maximum atomic E-state index is 12.3. The van der Waals surface area contributed by atoms with Crippen molar-refractivity contribution in [1.82, 2.24) is 29.6 Å². The standard InChI is InChI=1S/C24H18N6O3/c31-23-20-13-18(28-30(20)11-10-26-23)17-8-9-25-22(27-17)16-5-3-4-15(12-16)14-29-19-6-1-2-7-21(19)33-24(29)32/h1-9,12-13H,10-11,14H2,(H,26,31). The Balaban J connectivity index is 1.34. The molecule has 1 aliphatic heterocycles. The smallest absolute Gasteiger partial charge is 0.408 e. The minimum Gasteiger partial charge on any atom is -0.408 e. The zero-order valence-corrected chi connectivity index (χ0v) is 17.4. The number of rotatable bonds is 4. The van der Waals surface area contributed by atoms with Crippen molar-refractivity contribution in [3.8, 4) is 22.8 Å². The highest BCUT2D eigenvalue weighted by Crippen LogP contribution is 2.23. The highest BCUT2D eigenvalue weighted by atomic mass is 16.4. The van der Waals surface area contributed by atoms with E-state index >= 15 is 0 Å². The fourth-order valence-corrected chi connectivity index (χ4v) is 4.06. The van der Waals surface area contributed by atoms with E-state index in [9.17, 15) is 9.59 Å². The minimum atomic E-state index is -0.396. The Kier molecular flexibility index (Phi) is 4.39. The SMILES string of the molecule is O=C1NCCn2nc(-c3ccnc(-c4cccc(Cn5c(=O)oc6ccccc65)c4)n3)cc21. The molecule has 2 aromatic carbocycles. The van der Waals surface area contributed by atoms with Crippen LogP contribution in [0.5, 0.6) is 0 Å². The first-order valence-electron chi connectivity index (χ1n) is 10.5. The third-order valence-corrected chi connectivity index (χ3v) is 5.64. The summed E-state index contributed by atoms with van der Waals surface area (Å²) in [6.07, 6.45) is 1.68. The van der Waals surface area contributed by atoms with Crippen LogP contribution in [0.4, 0.5) is 0 Å². The fourth-order valence-electron chi connectivity index (χ4n) is 4.06. The van der Waals surface area contributed by atoms with E-state index in [1.807, 2.05) is 42.5 Å². The van der Waals surface area contributed by atoms with Gasteiger partial charge in [-0.05, 0) is 35.9 Å². The normalized spacial score (nSPS) is 13.2. The molecule has 1 amide bonds. The number of nitrogens with zero attached hydrogens (tertiary/aromatic N) is 5. The van der Waals surface area contributed by atoms with Gasteiger partial charge in [-0.15, -0.1) is 0 Å². The van der Waals surface area contributed by atoms with Gasteiger partial charge in [-0.25, -0.2) is 14.8 Å². The van der Waals surface area contributed by atoms with Crippen LogP contribution in [0.2, 0.25) is 0 Å². The number of nitrogens with one attached hydrogen (secondary N) is 1. The maximum absolute atomic E-state index is 12.3. The van der Waals surface area contributed by atoms with E-state index in [4.69, 9.17) is 4.42 Å². The van der Waals surface area contributed by atoms with Crippen LogP contribution in [-0.4, -0.2) is 36.8 Å². The zero-order chi connectivity index (χ0) is 22.4. The molecule has 0 unspecified atom stereocenters. The second-order valence-electron chi connectivity index (χ2n) is 7.78. The molecular weight excluding hydrogens is 420 g/mol. The van der Waals surface area contributed by atoms with Gasteiger partial charge >= 0.3 is 5.76 Å². The number of amides is 1. The molecule has 0 atom stereocenters. The largest absolute Gasteiger partial charge is 0.420 e. The van der Waals surface area contributed by atoms with Gasteiger partial charge in [0.15, 0.2) is 11.4 Å². The lowest BCUT2D eigenvalue weighted by Crippen LogP contribution is -2.35. The number of carbonyl (C=O) groups excluding carboxylic acids is 1. The van der Waals surface area contributed by atoms with Gasteiger partial charge in [-0.1, -0.05) is 30.3 Å². The van der Waals surface area contributed by atoms with E-state index in [-0.39, 0.29) is 5.91 Å². The molecule has 0 aliphatic carbocycles. The summed E-state index contributed by atoms with van der Waals surface area (Å²) in [5.74, 6) is 0.00537. The van der Waals surface area contributed by atoms with Crippen molar-refractivity contribution in [3.63, 3.8) is 0 Å². The minimum absolute atomic E-state index is 0.135. The van der Waals surface area contributed by atoms with Crippen LogP contribution in [-0.2, 0) is 13.1 Å². The number of oxazole rings is 1. The fraction of sp³-hybridized carbons (Fsp3) is 0.125. The first-order valence-corrected chi connectivity index (χ1v) is 10.5. The third kappa shape index (κ3) is 3.39. The van der Waals surface area contributed by atoms with Gasteiger partial charge in [-0.3, -0.25) is 14.0 Å². The van der Waals surface area contributed by atoms with E-state index < -0.39 is 5.76 Å². The highest BCUT2D eigenvalue weighted by molar-refractivity contribution is 5.94. The molecule has 3 aromatic heterocycles. The van der Waals surface area contributed by atoms with E-state index in [2.05, 4.69) is 20.4 Å². The Morgan fingerprint density at radius 1 is 1.00 bits per heavy atom. The average Bonchev–Trinajstić information content (AvgIpc) is 3.42. The van der Waals surface area contributed by atoms with Crippen LogP contribution in [0.25, 0.3) is 33.9 Å². The quantitative estimate of drug-likeness (QED) is 0.462. The molecule has 5 aromatic rings. The predicted octanol–water partition coefficient (Wildman–Crippen LogP) is 2.71. The Labute approximate surface area is 187 Å². The van der Waals surface area contributed by atoms with Crippen molar-refractivity contribution in [1.29, 1.82) is 0 Å². The second-order valence-corrected chi connectivity index (χ2v) is 7.78. The molecule has 1 N–H and O–H groups in total. The van der Waals surface area contributed by atoms with Crippen LogP contribution in [0.1, 0.15) is 16.1 Å². The zero-order valence-electron chi connectivity index (χ0n) is 17.4. The molecule has 0 spiro atoms. The highest BCUT2D eigenvalue weighted by Gasteiger charge is 2.20. The van der Waals surface area contributed by atoms with Crippen molar-refractivity contribution in [3.05, 3.63) is 88.7 Å². The van der Waals surface area contributed by atoms with Crippen molar-refractivity contribution < 1.29 is 9.21 Å². The Morgan fingerprint density at radius 3 is 2.82 bits per heavy atom. The van der Waals surface area contributed by atoms with Gasteiger partial charge in [0, 0.05) is 18.3 Å². The van der Waals surface area contributed by atoms with Crippen LogP contribution in [0, 0.1) is 0 Å². The van der Waals surface area contributed by atoms with Crippen molar-refractivity contribution in [2.24, 2.45) is 0 Å². The summed E-state index contributed by atoms with van der Waals surface area (Å²) in [6.45, 7) is 1.55. The van der Waals surface area contributed by atoms with Gasteiger partial charge in [0.05, 0.1) is 24.3 Å². The number of hydrogen-bond donors (Lipinski definition) is 1. The van der Waals surface area contributed by atoms with Crippen molar-refractivity contribution in [2.75, 3.05) is 6.54 Å². The van der Waals surface area contributed by atoms with E-state index in [1.54, 1.807) is 33.6 Å². The Bertz CT molecular complexity index is 1580. The van der Waals surface area contributed by atoms with E-state index in [0.717, 1.165) is 16.6 Å². The summed E-state index contributed by atoms with van der Waals surface area (Å²) < 4.78 is 8.64. The van der Waals surface area contributed by atoms with Crippen LogP contribution < -0.4 is 11.1 Å². The lowest BCUT2D eigenvalue weighted by atomic mass is 10.1. The first-order chi connectivity index (χ1) is 16.2. The summed E-state index contributed by atoms with van der Waals surface area (Å²) in [6, 6.07) is 18.6. The van der Waals surface area contributed by atoms with Crippen LogP contribution in [0.3, 0.4) is 0 Å². The molecule has 162 valence electrons. The van der Waals surface area contributed by atoms with Gasteiger partial charge in [0.2, 0.25) is 0 Å². The molecule has 1 aliphatic rings. The molecule has 33 heavy (non-hydrogen) atoms.